The van der Waals surface area contributed by atoms with Crippen molar-refractivity contribution >= 4 is 29.1 Å². The lowest BCUT2D eigenvalue weighted by atomic mass is 10.1. The van der Waals surface area contributed by atoms with E-state index in [2.05, 4.69) is 10.6 Å². The summed E-state index contributed by atoms with van der Waals surface area (Å²) in [4.78, 5) is 11.5. The van der Waals surface area contributed by atoms with Gasteiger partial charge in [0, 0.05) is 22.6 Å². The van der Waals surface area contributed by atoms with Crippen molar-refractivity contribution in [2.45, 2.75) is 26.3 Å². The summed E-state index contributed by atoms with van der Waals surface area (Å²) in [7, 11) is 0. The van der Waals surface area contributed by atoms with Crippen molar-refractivity contribution in [2.24, 2.45) is 0 Å². The third-order valence-corrected chi connectivity index (χ3v) is 3.14. The molecule has 1 rings (SSSR count). The molecule has 0 spiro atoms. The molecule has 18 heavy (non-hydrogen) atoms. The fourth-order valence-electron chi connectivity index (χ4n) is 1.53. The Labute approximate surface area is 118 Å². The lowest BCUT2D eigenvalue weighted by Crippen LogP contribution is -2.35. The number of hydrogen-bond acceptors (Lipinski definition) is 2. The van der Waals surface area contributed by atoms with Crippen LogP contribution in [-0.2, 0) is 4.79 Å². The smallest absolute Gasteiger partial charge is 0.233 e. The highest BCUT2D eigenvalue weighted by atomic mass is 35.5. The molecule has 0 saturated heterocycles. The van der Waals surface area contributed by atoms with Gasteiger partial charge in [-0.15, -0.1) is 0 Å². The summed E-state index contributed by atoms with van der Waals surface area (Å²) in [6.45, 7) is 4.93. The molecule has 0 aromatic heterocycles. The molecule has 1 amide bonds. The Bertz CT molecular complexity index is 410. The van der Waals surface area contributed by atoms with E-state index in [0.29, 0.717) is 16.6 Å². The summed E-state index contributed by atoms with van der Waals surface area (Å²) in [5.74, 6) is -0.0122. The van der Waals surface area contributed by atoms with Crippen LogP contribution in [0.1, 0.15) is 31.9 Å². The first-order valence-electron chi connectivity index (χ1n) is 5.99. The Morgan fingerprint density at radius 3 is 2.78 bits per heavy atom. The van der Waals surface area contributed by atoms with E-state index in [1.54, 1.807) is 12.1 Å². The number of nitrogens with one attached hydrogen (secondary N) is 2. The predicted molar refractivity (Wildman–Crippen MR) is 76.2 cm³/mol. The summed E-state index contributed by atoms with van der Waals surface area (Å²) >= 11 is 12.0. The van der Waals surface area contributed by atoms with Gasteiger partial charge in [-0.25, -0.2) is 0 Å². The zero-order chi connectivity index (χ0) is 13.5. The van der Waals surface area contributed by atoms with Crippen LogP contribution in [0.25, 0.3) is 0 Å². The van der Waals surface area contributed by atoms with Gasteiger partial charge in [-0.05, 0) is 37.1 Å². The summed E-state index contributed by atoms with van der Waals surface area (Å²) < 4.78 is 0. The van der Waals surface area contributed by atoms with Crippen LogP contribution >= 0.6 is 23.2 Å². The van der Waals surface area contributed by atoms with Gasteiger partial charge in [-0.2, -0.15) is 0 Å². The van der Waals surface area contributed by atoms with E-state index in [1.807, 2.05) is 19.9 Å². The van der Waals surface area contributed by atoms with Gasteiger partial charge in [0.25, 0.3) is 0 Å². The molecule has 0 aliphatic rings. The van der Waals surface area contributed by atoms with Crippen LogP contribution < -0.4 is 10.6 Å². The minimum atomic E-state index is -0.0245. The Kier molecular flexibility index (Phi) is 6.47. The largest absolute Gasteiger partial charge is 0.355 e. The van der Waals surface area contributed by atoms with E-state index in [9.17, 15) is 4.79 Å². The van der Waals surface area contributed by atoms with Gasteiger partial charge in [0.2, 0.25) is 5.91 Å². The van der Waals surface area contributed by atoms with E-state index >= 15 is 0 Å². The molecule has 0 fully saturated rings. The van der Waals surface area contributed by atoms with Gasteiger partial charge in [0.05, 0.1) is 6.54 Å². The molecule has 2 N–H and O–H groups in total. The lowest BCUT2D eigenvalue weighted by Gasteiger charge is -2.15. The number of carbonyl (C=O) groups is 1. The van der Waals surface area contributed by atoms with Crippen LogP contribution in [0.5, 0.6) is 0 Å². The maximum Gasteiger partial charge on any atom is 0.233 e. The molecular weight excluding hydrogens is 271 g/mol. The van der Waals surface area contributed by atoms with Crippen molar-refractivity contribution in [1.82, 2.24) is 10.6 Å². The maximum absolute atomic E-state index is 11.5. The second kappa shape index (κ2) is 7.62. The minimum absolute atomic E-state index is 0.0122. The molecule has 1 unspecified atom stereocenters. The Hall–Kier alpha value is -0.770. The fraction of sp³-hybridized carbons (Fsp3) is 0.462. The zero-order valence-electron chi connectivity index (χ0n) is 10.6. The second-order valence-electron chi connectivity index (χ2n) is 4.12. The highest BCUT2D eigenvalue weighted by Gasteiger charge is 2.11. The number of halogens is 2. The Morgan fingerprint density at radius 1 is 1.39 bits per heavy atom. The van der Waals surface area contributed by atoms with Crippen molar-refractivity contribution < 1.29 is 4.79 Å². The minimum Gasteiger partial charge on any atom is -0.355 e. The molecule has 1 atom stereocenters. The summed E-state index contributed by atoms with van der Waals surface area (Å²) in [6, 6.07) is 5.29. The fourth-order valence-corrected chi connectivity index (χ4v) is 1.99. The molecule has 1 aromatic carbocycles. The van der Waals surface area contributed by atoms with Gasteiger partial charge in [-0.1, -0.05) is 30.1 Å². The highest BCUT2D eigenvalue weighted by molar-refractivity contribution is 6.33. The first-order valence-corrected chi connectivity index (χ1v) is 6.75. The third kappa shape index (κ3) is 4.84. The Morgan fingerprint density at radius 2 is 2.11 bits per heavy atom. The quantitative estimate of drug-likeness (QED) is 0.844. The van der Waals surface area contributed by atoms with Crippen molar-refractivity contribution in [3.05, 3.63) is 33.8 Å². The monoisotopic (exact) mass is 288 g/mol. The standard InChI is InChI=1S/C13H18Cl2N2O/c1-3-6-16-13(18)8-17-9(2)11-7-10(14)4-5-12(11)15/h4-5,7,9,17H,3,6,8H2,1-2H3,(H,16,18). The van der Waals surface area contributed by atoms with E-state index in [-0.39, 0.29) is 18.5 Å². The molecule has 3 nitrogen and oxygen atoms in total. The average Bonchev–Trinajstić information content (AvgIpc) is 2.36. The molecule has 0 aliphatic heterocycles. The molecule has 0 radical (unpaired) electrons. The lowest BCUT2D eigenvalue weighted by molar-refractivity contribution is -0.120. The summed E-state index contributed by atoms with van der Waals surface area (Å²) in [6.07, 6.45) is 0.932. The van der Waals surface area contributed by atoms with Gasteiger partial charge < -0.3 is 10.6 Å². The van der Waals surface area contributed by atoms with Gasteiger partial charge >= 0.3 is 0 Å². The van der Waals surface area contributed by atoms with Crippen molar-refractivity contribution in [3.63, 3.8) is 0 Å². The van der Waals surface area contributed by atoms with Crippen LogP contribution in [0.3, 0.4) is 0 Å². The summed E-state index contributed by atoms with van der Waals surface area (Å²) in [5.41, 5.74) is 0.896. The van der Waals surface area contributed by atoms with Crippen LogP contribution in [0.15, 0.2) is 18.2 Å². The number of rotatable bonds is 6. The molecular formula is C13H18Cl2N2O. The number of carbonyl (C=O) groups excluding carboxylic acids is 1. The van der Waals surface area contributed by atoms with Crippen LogP contribution in [0, 0.1) is 0 Å². The van der Waals surface area contributed by atoms with E-state index < -0.39 is 0 Å². The molecule has 0 heterocycles. The Balaban J connectivity index is 2.52. The van der Waals surface area contributed by atoms with Gasteiger partial charge in [0.15, 0.2) is 0 Å². The number of benzene rings is 1. The normalized spacial score (nSPS) is 12.2. The van der Waals surface area contributed by atoms with E-state index in [1.165, 1.54) is 0 Å². The van der Waals surface area contributed by atoms with Gasteiger partial charge in [0.1, 0.15) is 0 Å². The predicted octanol–water partition coefficient (Wildman–Crippen LogP) is 3.17. The summed E-state index contributed by atoms with van der Waals surface area (Å²) in [5, 5.41) is 7.21. The molecule has 100 valence electrons. The van der Waals surface area contributed by atoms with Crippen LogP contribution in [-0.4, -0.2) is 19.0 Å². The number of hydrogen-bond donors (Lipinski definition) is 2. The van der Waals surface area contributed by atoms with Crippen LogP contribution in [0.4, 0.5) is 0 Å². The van der Waals surface area contributed by atoms with Crippen LogP contribution in [0.2, 0.25) is 10.0 Å². The molecule has 0 bridgehead atoms. The highest BCUT2D eigenvalue weighted by Crippen LogP contribution is 2.25. The topological polar surface area (TPSA) is 41.1 Å². The molecule has 0 saturated carbocycles. The molecule has 0 aliphatic carbocycles. The third-order valence-electron chi connectivity index (χ3n) is 2.57. The zero-order valence-corrected chi connectivity index (χ0v) is 12.1. The van der Waals surface area contributed by atoms with Crippen molar-refractivity contribution in [2.75, 3.05) is 13.1 Å². The van der Waals surface area contributed by atoms with Crippen molar-refractivity contribution in [3.8, 4) is 0 Å². The molecule has 5 heteroatoms. The first-order chi connectivity index (χ1) is 8.54. The SMILES string of the molecule is CCCNC(=O)CNC(C)c1cc(Cl)ccc1Cl. The average molecular weight is 289 g/mol. The first kappa shape index (κ1) is 15.3. The molecule has 1 aromatic rings. The van der Waals surface area contributed by atoms with Gasteiger partial charge in [-0.3, -0.25) is 4.79 Å². The van der Waals surface area contributed by atoms with Crippen molar-refractivity contribution in [1.29, 1.82) is 0 Å². The van der Waals surface area contributed by atoms with E-state index in [4.69, 9.17) is 23.2 Å². The maximum atomic E-state index is 11.5. The van der Waals surface area contributed by atoms with E-state index in [0.717, 1.165) is 12.0 Å². The second-order valence-corrected chi connectivity index (χ2v) is 4.96. The number of amides is 1.